The molecule has 3 N–H and O–H groups in total. The first-order chi connectivity index (χ1) is 12.2. The van der Waals surface area contributed by atoms with Crippen molar-refractivity contribution < 1.29 is 28.8 Å². The van der Waals surface area contributed by atoms with Gasteiger partial charge in [0, 0.05) is 23.0 Å². The minimum Gasteiger partial charge on any atom is -0.468 e. The van der Waals surface area contributed by atoms with E-state index < -0.39 is 13.9 Å². The van der Waals surface area contributed by atoms with Crippen LogP contribution in [0.4, 0.5) is 0 Å². The number of ether oxygens (including phenoxy) is 1. The molecule has 0 fully saturated rings. The minimum absolute atomic E-state index is 0.262. The summed E-state index contributed by atoms with van der Waals surface area (Å²) in [4.78, 5) is 37.4. The average Bonchev–Trinajstić information content (AvgIpc) is 3.03. The van der Waals surface area contributed by atoms with Crippen LogP contribution in [0, 0.1) is 0 Å². The number of methoxy groups -OCH3 is 1. The number of nitrogens with zero attached hydrogens (tertiary/aromatic N) is 1. The Kier molecular flexibility index (Phi) is 7.37. The highest BCUT2D eigenvalue weighted by Crippen LogP contribution is 2.33. The first-order valence-electron chi connectivity index (χ1n) is 7.60. The summed E-state index contributed by atoms with van der Waals surface area (Å²) in [6.45, 7) is 1.59. The number of phosphoric acid groups is 1. The molecule has 26 heavy (non-hydrogen) atoms. The van der Waals surface area contributed by atoms with Gasteiger partial charge in [0.05, 0.1) is 7.11 Å². The van der Waals surface area contributed by atoms with Crippen LogP contribution in [0.25, 0.3) is 0 Å². The summed E-state index contributed by atoms with van der Waals surface area (Å²) >= 11 is 8.07. The van der Waals surface area contributed by atoms with Crippen molar-refractivity contribution in [1.82, 2.24) is 4.90 Å². The predicted octanol–water partition coefficient (Wildman–Crippen LogP) is 2.75. The molecule has 1 aliphatic heterocycles. The molecule has 0 saturated carbocycles. The second-order valence-electron chi connectivity index (χ2n) is 5.55. The maximum Gasteiger partial charge on any atom is 0.466 e. The molecule has 3 rings (SSSR count). The van der Waals surface area contributed by atoms with E-state index in [1.807, 2.05) is 24.3 Å². The average molecular weight is 420 g/mol. The lowest BCUT2D eigenvalue weighted by Gasteiger charge is -2.33. The van der Waals surface area contributed by atoms with Crippen LogP contribution in [0.2, 0.25) is 5.02 Å². The zero-order valence-corrected chi connectivity index (χ0v) is 16.4. The van der Waals surface area contributed by atoms with E-state index in [0.29, 0.717) is 5.02 Å². The highest BCUT2D eigenvalue weighted by Gasteiger charge is 2.32. The second-order valence-corrected chi connectivity index (χ2v) is 7.98. The standard InChI is InChI=1S/C16H16ClNO2S.H3O4P/c1-20-16(19)15(12-4-2-3-5-13(12)17)18-8-6-14-11(10-18)7-9-21-14;1-5(2,3)4/h2-5,7,9,15H,6,8,10H2,1H3;(H3,1,2,3,4)/t15-;/m0./s1. The number of hydrogen-bond donors (Lipinski definition) is 3. The fraction of sp³-hybridized carbons (Fsp3) is 0.312. The van der Waals surface area contributed by atoms with Gasteiger partial charge in [-0.05, 0) is 35.1 Å². The lowest BCUT2D eigenvalue weighted by Crippen LogP contribution is -2.38. The van der Waals surface area contributed by atoms with Gasteiger partial charge in [-0.25, -0.2) is 9.36 Å². The maximum absolute atomic E-state index is 12.3. The second kappa shape index (κ2) is 9.10. The van der Waals surface area contributed by atoms with Crippen LogP contribution in [-0.4, -0.2) is 39.2 Å². The van der Waals surface area contributed by atoms with E-state index in [0.717, 1.165) is 25.1 Å². The molecule has 1 atom stereocenters. The van der Waals surface area contributed by atoms with Gasteiger partial charge >= 0.3 is 13.8 Å². The maximum atomic E-state index is 12.3. The van der Waals surface area contributed by atoms with Gasteiger partial charge in [0.15, 0.2) is 0 Å². The lowest BCUT2D eigenvalue weighted by molar-refractivity contribution is -0.147. The Morgan fingerprint density at radius 3 is 2.58 bits per heavy atom. The van der Waals surface area contributed by atoms with Crippen LogP contribution in [0.15, 0.2) is 35.7 Å². The SMILES string of the molecule is COC(=O)[C@H](c1ccccc1Cl)N1CCc2sccc2C1.O=P(O)(O)O. The summed E-state index contributed by atoms with van der Waals surface area (Å²) in [5.41, 5.74) is 2.11. The van der Waals surface area contributed by atoms with E-state index in [9.17, 15) is 4.79 Å². The Morgan fingerprint density at radius 2 is 1.96 bits per heavy atom. The Labute approximate surface area is 160 Å². The Balaban J connectivity index is 0.000000431. The number of rotatable bonds is 3. The van der Waals surface area contributed by atoms with Crippen LogP contribution in [0.1, 0.15) is 22.0 Å². The largest absolute Gasteiger partial charge is 0.468 e. The summed E-state index contributed by atoms with van der Waals surface area (Å²) < 4.78 is 13.9. The fourth-order valence-corrected chi connectivity index (χ4v) is 3.90. The third-order valence-electron chi connectivity index (χ3n) is 3.83. The van der Waals surface area contributed by atoms with Crippen molar-refractivity contribution in [1.29, 1.82) is 0 Å². The van der Waals surface area contributed by atoms with Gasteiger partial charge in [-0.15, -0.1) is 11.3 Å². The van der Waals surface area contributed by atoms with E-state index in [1.165, 1.54) is 17.6 Å². The quantitative estimate of drug-likeness (QED) is 0.518. The van der Waals surface area contributed by atoms with Crippen molar-refractivity contribution in [2.24, 2.45) is 0 Å². The summed E-state index contributed by atoms with van der Waals surface area (Å²) in [5.74, 6) is -0.262. The van der Waals surface area contributed by atoms with Crippen molar-refractivity contribution in [3.63, 3.8) is 0 Å². The molecule has 1 aromatic carbocycles. The van der Waals surface area contributed by atoms with Gasteiger partial charge in [-0.1, -0.05) is 29.8 Å². The normalized spacial score (nSPS) is 15.4. The van der Waals surface area contributed by atoms with Gasteiger partial charge in [-0.2, -0.15) is 0 Å². The van der Waals surface area contributed by atoms with E-state index in [-0.39, 0.29) is 5.97 Å². The number of esters is 1. The third kappa shape index (κ3) is 5.89. The van der Waals surface area contributed by atoms with Crippen LogP contribution in [-0.2, 0) is 27.1 Å². The molecule has 0 spiro atoms. The molecule has 2 aromatic rings. The van der Waals surface area contributed by atoms with Gasteiger partial charge in [0.25, 0.3) is 0 Å². The number of benzene rings is 1. The molecule has 2 heterocycles. The predicted molar refractivity (Wildman–Crippen MR) is 98.9 cm³/mol. The summed E-state index contributed by atoms with van der Waals surface area (Å²) in [5, 5.41) is 2.71. The monoisotopic (exact) mass is 419 g/mol. The van der Waals surface area contributed by atoms with Crippen LogP contribution >= 0.6 is 30.8 Å². The molecule has 1 aromatic heterocycles. The molecule has 10 heteroatoms. The topological polar surface area (TPSA) is 107 Å². The van der Waals surface area contributed by atoms with Gasteiger partial charge in [0.1, 0.15) is 6.04 Å². The van der Waals surface area contributed by atoms with Crippen molar-refractivity contribution in [2.45, 2.75) is 19.0 Å². The highest BCUT2D eigenvalue weighted by molar-refractivity contribution is 7.45. The van der Waals surface area contributed by atoms with Gasteiger partial charge in [-0.3, -0.25) is 4.90 Å². The summed E-state index contributed by atoms with van der Waals surface area (Å²) in [6, 6.07) is 9.16. The molecule has 0 bridgehead atoms. The Hall–Kier alpha value is -1.25. The van der Waals surface area contributed by atoms with Crippen molar-refractivity contribution in [3.05, 3.63) is 56.7 Å². The van der Waals surface area contributed by atoms with Crippen LogP contribution < -0.4 is 0 Å². The first-order valence-corrected chi connectivity index (χ1v) is 10.4. The molecule has 0 saturated heterocycles. The van der Waals surface area contributed by atoms with E-state index in [4.69, 9.17) is 35.6 Å². The third-order valence-corrected chi connectivity index (χ3v) is 5.19. The molecule has 142 valence electrons. The van der Waals surface area contributed by atoms with E-state index in [1.54, 1.807) is 11.3 Å². The molecule has 0 unspecified atom stereocenters. The number of carbonyl (C=O) groups excluding carboxylic acids is 1. The van der Waals surface area contributed by atoms with Crippen molar-refractivity contribution >= 4 is 36.7 Å². The van der Waals surface area contributed by atoms with Crippen LogP contribution in [0.5, 0.6) is 0 Å². The minimum atomic E-state index is -4.64. The number of hydrogen-bond acceptors (Lipinski definition) is 5. The van der Waals surface area contributed by atoms with E-state index in [2.05, 4.69) is 16.3 Å². The molecular weight excluding hydrogens is 401 g/mol. The first kappa shape index (κ1) is 21.1. The summed E-state index contributed by atoms with van der Waals surface area (Å²) in [7, 11) is -3.22. The zero-order valence-electron chi connectivity index (χ0n) is 13.9. The van der Waals surface area contributed by atoms with Gasteiger partial charge < -0.3 is 19.4 Å². The fourth-order valence-electron chi connectivity index (χ4n) is 2.77. The Morgan fingerprint density at radius 1 is 1.31 bits per heavy atom. The number of carbonyl (C=O) groups is 1. The molecule has 0 aliphatic carbocycles. The van der Waals surface area contributed by atoms with E-state index >= 15 is 0 Å². The smallest absolute Gasteiger partial charge is 0.466 e. The lowest BCUT2D eigenvalue weighted by atomic mass is 10.0. The zero-order chi connectivity index (χ0) is 19.3. The molecule has 0 amide bonds. The highest BCUT2D eigenvalue weighted by atomic mass is 35.5. The summed E-state index contributed by atoms with van der Waals surface area (Å²) in [6.07, 6.45) is 0.963. The molecule has 0 radical (unpaired) electrons. The van der Waals surface area contributed by atoms with Crippen molar-refractivity contribution in [2.75, 3.05) is 13.7 Å². The van der Waals surface area contributed by atoms with Crippen LogP contribution in [0.3, 0.4) is 0 Å². The molecule has 1 aliphatic rings. The van der Waals surface area contributed by atoms with Crippen molar-refractivity contribution in [3.8, 4) is 0 Å². The molecule has 7 nitrogen and oxygen atoms in total. The number of fused-ring (bicyclic) bond motifs is 1. The van der Waals surface area contributed by atoms with Gasteiger partial charge in [0.2, 0.25) is 0 Å². The number of thiophene rings is 1. The molecular formula is C16H19ClNO6PS. The Bertz CT molecular complexity index is 799. The number of halogens is 1.